The van der Waals surface area contributed by atoms with E-state index in [9.17, 15) is 9.59 Å². The van der Waals surface area contributed by atoms with Gasteiger partial charge in [-0.05, 0) is 19.3 Å². The maximum Gasteiger partial charge on any atom is 0.303 e. The summed E-state index contributed by atoms with van der Waals surface area (Å²) >= 11 is 0. The van der Waals surface area contributed by atoms with Crippen molar-refractivity contribution in [3.05, 3.63) is 0 Å². The summed E-state index contributed by atoms with van der Waals surface area (Å²) in [6.45, 7) is 2.07. The van der Waals surface area contributed by atoms with E-state index in [0.29, 0.717) is 12.2 Å². The number of rotatable bonds is 21. The number of Topliss-reactive ketones (excluding diaryl/α,β-unsaturated/α-hetero) is 1. The van der Waals surface area contributed by atoms with E-state index in [1.807, 2.05) is 0 Å². The van der Waals surface area contributed by atoms with Crippen molar-refractivity contribution in [1.82, 2.24) is 0 Å². The van der Waals surface area contributed by atoms with Crippen LogP contribution >= 0.6 is 0 Å². The SMILES string of the molecule is CCCC(=O)CCCCCCCCCCCCCCCCCCC(=O)O. The van der Waals surface area contributed by atoms with E-state index in [1.165, 1.54) is 83.5 Å². The van der Waals surface area contributed by atoms with Crippen molar-refractivity contribution >= 4 is 11.8 Å². The molecule has 0 aromatic rings. The van der Waals surface area contributed by atoms with Crippen LogP contribution in [0.1, 0.15) is 135 Å². The van der Waals surface area contributed by atoms with E-state index in [-0.39, 0.29) is 0 Å². The molecule has 3 nitrogen and oxygen atoms in total. The topological polar surface area (TPSA) is 54.4 Å². The van der Waals surface area contributed by atoms with Gasteiger partial charge in [0.25, 0.3) is 0 Å². The molecule has 0 amide bonds. The molecule has 0 saturated carbocycles. The fourth-order valence-electron chi connectivity index (χ4n) is 3.48. The Morgan fingerprint density at radius 1 is 0.500 bits per heavy atom. The Morgan fingerprint density at radius 3 is 1.12 bits per heavy atom. The van der Waals surface area contributed by atoms with E-state index in [2.05, 4.69) is 6.92 Å². The van der Waals surface area contributed by atoms with Gasteiger partial charge in [0.15, 0.2) is 0 Å². The molecule has 0 rings (SSSR count). The number of ketones is 1. The zero-order valence-corrected chi connectivity index (χ0v) is 17.4. The first kappa shape index (κ1) is 25.1. The third kappa shape index (κ3) is 21.2. The van der Waals surface area contributed by atoms with E-state index in [1.54, 1.807) is 0 Å². The van der Waals surface area contributed by atoms with Crippen molar-refractivity contribution < 1.29 is 14.7 Å². The van der Waals surface area contributed by atoms with Crippen LogP contribution in [0.3, 0.4) is 0 Å². The van der Waals surface area contributed by atoms with Crippen LogP contribution in [0.4, 0.5) is 0 Å². The maximum atomic E-state index is 11.4. The molecule has 0 spiro atoms. The lowest BCUT2D eigenvalue weighted by Gasteiger charge is -2.04. The summed E-state index contributed by atoms with van der Waals surface area (Å²) in [6, 6.07) is 0. The van der Waals surface area contributed by atoms with Crippen LogP contribution in [-0.4, -0.2) is 16.9 Å². The Labute approximate surface area is 162 Å². The second-order valence-electron chi connectivity index (χ2n) is 7.84. The fourth-order valence-corrected chi connectivity index (χ4v) is 3.48. The second kappa shape index (κ2) is 20.5. The predicted octanol–water partition coefficient (Wildman–Crippen LogP) is 7.46. The molecule has 0 aliphatic rings. The lowest BCUT2D eigenvalue weighted by Crippen LogP contribution is -1.96. The molecule has 0 atom stereocenters. The largest absolute Gasteiger partial charge is 0.481 e. The molecule has 0 aliphatic heterocycles. The summed E-state index contributed by atoms with van der Waals surface area (Å²) < 4.78 is 0. The minimum Gasteiger partial charge on any atom is -0.481 e. The van der Waals surface area contributed by atoms with Gasteiger partial charge in [0.1, 0.15) is 5.78 Å². The lowest BCUT2D eigenvalue weighted by molar-refractivity contribution is -0.137. The van der Waals surface area contributed by atoms with Crippen LogP contribution in [0.5, 0.6) is 0 Å². The highest BCUT2D eigenvalue weighted by atomic mass is 16.4. The molecule has 0 aromatic heterocycles. The van der Waals surface area contributed by atoms with Crippen molar-refractivity contribution in [1.29, 1.82) is 0 Å². The molecule has 0 saturated heterocycles. The van der Waals surface area contributed by atoms with Crippen LogP contribution < -0.4 is 0 Å². The smallest absolute Gasteiger partial charge is 0.303 e. The normalized spacial score (nSPS) is 11.0. The summed E-state index contributed by atoms with van der Waals surface area (Å²) in [7, 11) is 0. The van der Waals surface area contributed by atoms with E-state index in [0.717, 1.165) is 38.5 Å². The average Bonchev–Trinajstić information content (AvgIpc) is 2.60. The zero-order chi connectivity index (χ0) is 19.3. The highest BCUT2D eigenvalue weighted by Gasteiger charge is 2.00. The van der Waals surface area contributed by atoms with Gasteiger partial charge in [-0.15, -0.1) is 0 Å². The molecular weight excluding hydrogens is 324 g/mol. The van der Waals surface area contributed by atoms with Crippen LogP contribution in [0.15, 0.2) is 0 Å². The molecule has 0 bridgehead atoms. The number of carboxylic acid groups (broad SMARTS) is 1. The third-order valence-electron chi connectivity index (χ3n) is 5.13. The predicted molar refractivity (Wildman–Crippen MR) is 111 cm³/mol. The Hall–Kier alpha value is -0.860. The van der Waals surface area contributed by atoms with Crippen LogP contribution in [0.25, 0.3) is 0 Å². The van der Waals surface area contributed by atoms with Crippen molar-refractivity contribution in [2.45, 2.75) is 135 Å². The van der Waals surface area contributed by atoms with Gasteiger partial charge in [-0.1, -0.05) is 96.8 Å². The number of hydrogen-bond acceptors (Lipinski definition) is 2. The Kier molecular flexibility index (Phi) is 19.8. The Bertz CT molecular complexity index is 325. The number of carbonyl (C=O) groups is 2. The lowest BCUT2D eigenvalue weighted by atomic mass is 10.0. The first-order valence-electron chi connectivity index (χ1n) is 11.4. The monoisotopic (exact) mass is 368 g/mol. The molecule has 1 N–H and O–H groups in total. The second-order valence-corrected chi connectivity index (χ2v) is 7.84. The van der Waals surface area contributed by atoms with Gasteiger partial charge in [-0.2, -0.15) is 0 Å². The summed E-state index contributed by atoms with van der Waals surface area (Å²) in [5.41, 5.74) is 0. The van der Waals surface area contributed by atoms with E-state index in [4.69, 9.17) is 5.11 Å². The van der Waals surface area contributed by atoms with Crippen LogP contribution in [0.2, 0.25) is 0 Å². The first-order valence-corrected chi connectivity index (χ1v) is 11.4. The highest BCUT2D eigenvalue weighted by molar-refractivity contribution is 5.78. The number of unbranched alkanes of at least 4 members (excludes halogenated alkanes) is 15. The minimum atomic E-state index is -0.663. The summed E-state index contributed by atoms with van der Waals surface area (Å²) in [4.78, 5) is 21.8. The minimum absolute atomic E-state index is 0.332. The zero-order valence-electron chi connectivity index (χ0n) is 17.4. The van der Waals surface area contributed by atoms with Gasteiger partial charge in [0, 0.05) is 19.3 Å². The van der Waals surface area contributed by atoms with Crippen molar-refractivity contribution in [3.63, 3.8) is 0 Å². The van der Waals surface area contributed by atoms with Gasteiger partial charge in [0.2, 0.25) is 0 Å². The molecule has 0 fully saturated rings. The number of carbonyl (C=O) groups excluding carboxylic acids is 1. The van der Waals surface area contributed by atoms with Gasteiger partial charge in [-0.25, -0.2) is 0 Å². The van der Waals surface area contributed by atoms with E-state index >= 15 is 0 Å². The van der Waals surface area contributed by atoms with Crippen molar-refractivity contribution in [2.75, 3.05) is 0 Å². The highest BCUT2D eigenvalue weighted by Crippen LogP contribution is 2.14. The fraction of sp³-hybridized carbons (Fsp3) is 0.913. The Morgan fingerprint density at radius 2 is 0.808 bits per heavy atom. The van der Waals surface area contributed by atoms with Gasteiger partial charge in [-0.3, -0.25) is 9.59 Å². The van der Waals surface area contributed by atoms with Gasteiger partial charge < -0.3 is 5.11 Å². The standard InChI is InChI=1S/C23H44O3/c1-2-19-22(24)20-17-15-13-11-9-7-5-3-4-6-8-10-12-14-16-18-21-23(25)26/h2-21H2,1H3,(H,25,26). The molecular formula is C23H44O3. The maximum absolute atomic E-state index is 11.4. The molecule has 0 aliphatic carbocycles. The number of aliphatic carboxylic acids is 1. The quantitative estimate of drug-likeness (QED) is 0.214. The van der Waals surface area contributed by atoms with Crippen molar-refractivity contribution in [2.24, 2.45) is 0 Å². The Balaban J connectivity index is 3.05. The average molecular weight is 369 g/mol. The molecule has 154 valence electrons. The summed E-state index contributed by atoms with van der Waals surface area (Å²) in [5, 5.41) is 8.56. The van der Waals surface area contributed by atoms with Gasteiger partial charge in [0.05, 0.1) is 0 Å². The molecule has 26 heavy (non-hydrogen) atoms. The molecule has 0 unspecified atom stereocenters. The molecule has 0 radical (unpaired) electrons. The van der Waals surface area contributed by atoms with Crippen LogP contribution in [-0.2, 0) is 9.59 Å². The summed E-state index contributed by atoms with van der Waals surface area (Å²) in [6.07, 6.45) is 23.1. The van der Waals surface area contributed by atoms with Crippen LogP contribution in [0, 0.1) is 0 Å². The van der Waals surface area contributed by atoms with E-state index < -0.39 is 5.97 Å². The molecule has 0 aromatic carbocycles. The van der Waals surface area contributed by atoms with Crippen molar-refractivity contribution in [3.8, 4) is 0 Å². The molecule has 0 heterocycles. The molecule has 3 heteroatoms. The third-order valence-corrected chi connectivity index (χ3v) is 5.13. The first-order chi connectivity index (χ1) is 12.7. The number of carboxylic acids is 1. The van der Waals surface area contributed by atoms with Gasteiger partial charge >= 0.3 is 5.97 Å². The summed E-state index contributed by atoms with van der Waals surface area (Å²) in [5.74, 6) is -0.213. The number of hydrogen-bond donors (Lipinski definition) is 1.